The summed E-state index contributed by atoms with van der Waals surface area (Å²) in [5.74, 6) is 1.51. The topological polar surface area (TPSA) is 0 Å². The Labute approximate surface area is 116 Å². The largest absolute Gasteiger partial charge is 0.122 e. The van der Waals surface area contributed by atoms with E-state index in [0.29, 0.717) is 5.92 Å². The zero-order chi connectivity index (χ0) is 13.4. The number of hydrogen-bond acceptors (Lipinski definition) is 1. The molecule has 0 saturated heterocycles. The fraction of sp³-hybridized carbons (Fsp3) is 0.412. The van der Waals surface area contributed by atoms with E-state index < -0.39 is 0 Å². The number of rotatable bonds is 3. The molecule has 0 bridgehead atoms. The fourth-order valence-corrected chi connectivity index (χ4v) is 2.99. The van der Waals surface area contributed by atoms with Gasteiger partial charge in [0.05, 0.1) is 0 Å². The summed E-state index contributed by atoms with van der Waals surface area (Å²) in [4.78, 5) is 1.39. The summed E-state index contributed by atoms with van der Waals surface area (Å²) in [6.45, 7) is 8.71. The molecule has 1 unspecified atom stereocenters. The van der Waals surface area contributed by atoms with E-state index in [9.17, 15) is 0 Å². The van der Waals surface area contributed by atoms with Crippen LogP contribution in [-0.2, 0) is 0 Å². The Morgan fingerprint density at radius 1 is 1.39 bits per heavy atom. The van der Waals surface area contributed by atoms with Gasteiger partial charge < -0.3 is 0 Å². The van der Waals surface area contributed by atoms with Gasteiger partial charge in [0.15, 0.2) is 0 Å². The Morgan fingerprint density at radius 2 is 2.17 bits per heavy atom. The van der Waals surface area contributed by atoms with E-state index in [1.165, 1.54) is 16.1 Å². The minimum Gasteiger partial charge on any atom is -0.122 e. The van der Waals surface area contributed by atoms with Crippen molar-refractivity contribution in [3.8, 4) is 0 Å². The second-order valence-corrected chi connectivity index (χ2v) is 5.60. The van der Waals surface area contributed by atoms with E-state index in [1.807, 2.05) is 11.8 Å². The fourth-order valence-electron chi connectivity index (χ4n) is 1.81. The highest BCUT2D eigenvalue weighted by molar-refractivity contribution is 8.03. The minimum atomic E-state index is 0.466. The van der Waals surface area contributed by atoms with E-state index in [0.717, 1.165) is 12.2 Å². The van der Waals surface area contributed by atoms with Crippen LogP contribution in [0.2, 0.25) is 0 Å². The molecule has 0 aromatic carbocycles. The van der Waals surface area contributed by atoms with Crippen molar-refractivity contribution in [1.29, 1.82) is 0 Å². The predicted molar refractivity (Wildman–Crippen MR) is 85.8 cm³/mol. The lowest BCUT2D eigenvalue weighted by atomic mass is 9.98. The molecule has 0 fully saturated rings. The van der Waals surface area contributed by atoms with Crippen LogP contribution in [-0.4, -0.2) is 5.75 Å². The van der Waals surface area contributed by atoms with Crippen LogP contribution in [0.5, 0.6) is 0 Å². The Bertz CT molecular complexity index is 405. The van der Waals surface area contributed by atoms with Crippen molar-refractivity contribution in [3.05, 3.63) is 58.6 Å². The van der Waals surface area contributed by atoms with Gasteiger partial charge in [-0.3, -0.25) is 0 Å². The van der Waals surface area contributed by atoms with Gasteiger partial charge in [0.1, 0.15) is 0 Å². The van der Waals surface area contributed by atoms with Crippen molar-refractivity contribution in [2.75, 3.05) is 5.75 Å². The van der Waals surface area contributed by atoms with Crippen LogP contribution in [0.3, 0.4) is 0 Å². The minimum absolute atomic E-state index is 0.466. The third-order valence-corrected chi connectivity index (χ3v) is 3.93. The second kappa shape index (κ2) is 8.20. The molecule has 0 nitrogen and oxygen atoms in total. The van der Waals surface area contributed by atoms with Gasteiger partial charge in [0.25, 0.3) is 0 Å². The van der Waals surface area contributed by atoms with Crippen molar-refractivity contribution in [3.63, 3.8) is 0 Å². The van der Waals surface area contributed by atoms with Gasteiger partial charge in [-0.2, -0.15) is 0 Å². The summed E-state index contributed by atoms with van der Waals surface area (Å²) in [5.41, 5.74) is 2.79. The van der Waals surface area contributed by atoms with Crippen LogP contribution in [0, 0.1) is 5.92 Å². The first kappa shape index (κ1) is 15.1. The van der Waals surface area contributed by atoms with Crippen molar-refractivity contribution in [1.82, 2.24) is 0 Å². The smallest absolute Gasteiger partial charge is 0.0166 e. The van der Waals surface area contributed by atoms with Crippen LogP contribution >= 0.6 is 11.8 Å². The third-order valence-electron chi connectivity index (χ3n) is 2.92. The highest BCUT2D eigenvalue weighted by Crippen LogP contribution is 2.30. The Balaban J connectivity index is 3.15. The second-order valence-electron chi connectivity index (χ2n) is 4.54. The van der Waals surface area contributed by atoms with Crippen LogP contribution in [0.1, 0.15) is 34.1 Å². The van der Waals surface area contributed by atoms with Crippen molar-refractivity contribution in [2.45, 2.75) is 34.1 Å². The summed E-state index contributed by atoms with van der Waals surface area (Å²) >= 11 is 1.93. The molecule has 1 heteroatoms. The first-order valence-corrected chi connectivity index (χ1v) is 7.68. The first-order chi connectivity index (χ1) is 8.69. The van der Waals surface area contributed by atoms with E-state index in [1.54, 1.807) is 0 Å². The van der Waals surface area contributed by atoms with Crippen molar-refractivity contribution < 1.29 is 0 Å². The normalized spacial score (nSPS) is 30.9. The molecule has 0 radical (unpaired) electrons. The summed E-state index contributed by atoms with van der Waals surface area (Å²) in [7, 11) is 0. The number of thioether (sulfide) groups is 1. The first-order valence-electron chi connectivity index (χ1n) is 6.70. The average Bonchev–Trinajstić information content (AvgIpc) is 2.41. The van der Waals surface area contributed by atoms with Gasteiger partial charge in [-0.25, -0.2) is 0 Å². The standard InChI is InChI=1S/C17H24S/c1-5-7-9-16-15(4)11-10-14(3)12-13-18-17(16)8-6-2/h6-12,15H,5,13H2,1-4H3/b8-6+,9-7-,11-10-,14-12-,17-16-. The van der Waals surface area contributed by atoms with Crippen LogP contribution < -0.4 is 0 Å². The summed E-state index contributed by atoms with van der Waals surface area (Å²) in [5, 5.41) is 0. The van der Waals surface area contributed by atoms with E-state index in [-0.39, 0.29) is 0 Å². The lowest BCUT2D eigenvalue weighted by Gasteiger charge is -2.12. The van der Waals surface area contributed by atoms with Gasteiger partial charge in [0.2, 0.25) is 0 Å². The van der Waals surface area contributed by atoms with Crippen molar-refractivity contribution in [2.24, 2.45) is 5.92 Å². The summed E-state index contributed by atoms with van der Waals surface area (Å²) < 4.78 is 0. The van der Waals surface area contributed by atoms with Gasteiger partial charge in [-0.1, -0.05) is 62.0 Å². The molecule has 0 saturated carbocycles. The van der Waals surface area contributed by atoms with Crippen molar-refractivity contribution >= 4 is 11.8 Å². The maximum Gasteiger partial charge on any atom is 0.0166 e. The SMILES string of the molecule is C/C=C/C1=C(\C=C/CC)C(C)/C=C\C(C)=C/CS1. The third kappa shape index (κ3) is 4.73. The maximum atomic E-state index is 2.30. The molecule has 0 aliphatic carbocycles. The number of allylic oxidation sites excluding steroid dienone is 8. The number of hydrogen-bond donors (Lipinski definition) is 0. The molecule has 1 heterocycles. The molecule has 0 N–H and O–H groups in total. The molecule has 18 heavy (non-hydrogen) atoms. The average molecular weight is 260 g/mol. The van der Waals surface area contributed by atoms with E-state index >= 15 is 0 Å². The molecular weight excluding hydrogens is 236 g/mol. The maximum absolute atomic E-state index is 2.30. The molecule has 0 aromatic rings. The Kier molecular flexibility index (Phi) is 6.89. The Morgan fingerprint density at radius 3 is 2.83 bits per heavy atom. The summed E-state index contributed by atoms with van der Waals surface area (Å²) in [6, 6.07) is 0. The molecular formula is C17H24S. The zero-order valence-corrected chi connectivity index (χ0v) is 12.8. The van der Waals surface area contributed by atoms with Crippen LogP contribution in [0.25, 0.3) is 0 Å². The lowest BCUT2D eigenvalue weighted by molar-refractivity contribution is 0.886. The zero-order valence-electron chi connectivity index (χ0n) is 11.9. The Hall–Kier alpha value is -0.950. The lowest BCUT2D eigenvalue weighted by Crippen LogP contribution is -1.96. The van der Waals surface area contributed by atoms with E-state index in [2.05, 4.69) is 70.2 Å². The van der Waals surface area contributed by atoms with E-state index in [4.69, 9.17) is 0 Å². The molecule has 0 spiro atoms. The van der Waals surface area contributed by atoms with Gasteiger partial charge in [0, 0.05) is 16.6 Å². The molecule has 0 amide bonds. The summed E-state index contributed by atoms with van der Waals surface area (Å²) in [6.07, 6.45) is 16.8. The highest BCUT2D eigenvalue weighted by Gasteiger charge is 2.09. The molecule has 1 atom stereocenters. The van der Waals surface area contributed by atoms with Gasteiger partial charge in [-0.15, -0.1) is 11.8 Å². The highest BCUT2D eigenvalue weighted by atomic mass is 32.2. The molecule has 1 aliphatic heterocycles. The molecule has 1 aliphatic rings. The molecule has 98 valence electrons. The van der Waals surface area contributed by atoms with Crippen LogP contribution in [0.15, 0.2) is 58.6 Å². The van der Waals surface area contributed by atoms with Gasteiger partial charge >= 0.3 is 0 Å². The quantitative estimate of drug-likeness (QED) is 0.630. The molecule has 0 aromatic heterocycles. The monoisotopic (exact) mass is 260 g/mol. The van der Waals surface area contributed by atoms with Gasteiger partial charge in [-0.05, 0) is 25.8 Å². The predicted octanol–water partition coefficient (Wildman–Crippen LogP) is 5.67. The molecule has 1 rings (SSSR count). The van der Waals surface area contributed by atoms with Crippen LogP contribution in [0.4, 0.5) is 0 Å².